The summed E-state index contributed by atoms with van der Waals surface area (Å²) in [4.78, 5) is 22.7. The van der Waals surface area contributed by atoms with Crippen LogP contribution in [0.15, 0.2) is 18.2 Å². The fourth-order valence-electron chi connectivity index (χ4n) is 3.10. The second-order valence-corrected chi connectivity index (χ2v) is 6.43. The van der Waals surface area contributed by atoms with E-state index in [2.05, 4.69) is 22.9 Å². The lowest BCUT2D eigenvalue weighted by atomic mass is 9.86. The van der Waals surface area contributed by atoms with E-state index < -0.39 is 4.92 Å². The molecule has 0 unspecified atom stereocenters. The summed E-state index contributed by atoms with van der Waals surface area (Å²) in [5.41, 5.74) is 1.02. The number of carbonyl (C=O) groups is 1. The number of anilines is 2. The van der Waals surface area contributed by atoms with Crippen LogP contribution in [0.2, 0.25) is 0 Å². The molecule has 1 aromatic rings. The lowest BCUT2D eigenvalue weighted by Gasteiger charge is -2.29. The molecule has 25 heavy (non-hydrogen) atoms. The van der Waals surface area contributed by atoms with Gasteiger partial charge in [0, 0.05) is 24.7 Å². The SMILES string of the molecule is C[C@H]1CCCC[C@H]1NC(=O)CNc1cc([N+](=O)[O-])ccc1NCCO. The highest BCUT2D eigenvalue weighted by molar-refractivity contribution is 5.83. The van der Waals surface area contributed by atoms with Crippen LogP contribution in [0, 0.1) is 16.0 Å². The second-order valence-electron chi connectivity index (χ2n) is 6.43. The summed E-state index contributed by atoms with van der Waals surface area (Å²) in [5.74, 6) is 0.343. The van der Waals surface area contributed by atoms with Crippen molar-refractivity contribution in [2.75, 3.05) is 30.3 Å². The van der Waals surface area contributed by atoms with Gasteiger partial charge in [0.2, 0.25) is 5.91 Å². The third kappa shape index (κ3) is 5.60. The Labute approximate surface area is 147 Å². The molecule has 0 bridgehead atoms. The minimum Gasteiger partial charge on any atom is -0.395 e. The van der Waals surface area contributed by atoms with Gasteiger partial charge in [-0.25, -0.2) is 0 Å². The van der Waals surface area contributed by atoms with Gasteiger partial charge in [-0.3, -0.25) is 14.9 Å². The monoisotopic (exact) mass is 350 g/mol. The van der Waals surface area contributed by atoms with Crippen LogP contribution in [0.5, 0.6) is 0 Å². The van der Waals surface area contributed by atoms with Crippen LogP contribution in [0.3, 0.4) is 0 Å². The average Bonchev–Trinajstić information content (AvgIpc) is 2.60. The molecule has 8 nitrogen and oxygen atoms in total. The molecule has 4 N–H and O–H groups in total. The lowest BCUT2D eigenvalue weighted by Crippen LogP contribution is -2.43. The Morgan fingerprint density at radius 3 is 2.72 bits per heavy atom. The number of carbonyl (C=O) groups excluding carboxylic acids is 1. The van der Waals surface area contributed by atoms with Gasteiger partial charge in [-0.05, 0) is 24.8 Å². The van der Waals surface area contributed by atoms with Crippen LogP contribution in [0.4, 0.5) is 17.1 Å². The van der Waals surface area contributed by atoms with Crippen molar-refractivity contribution in [3.8, 4) is 0 Å². The molecule has 138 valence electrons. The maximum Gasteiger partial charge on any atom is 0.271 e. The molecular formula is C17H26N4O4. The van der Waals surface area contributed by atoms with Crippen LogP contribution in [0.25, 0.3) is 0 Å². The molecule has 0 aliphatic heterocycles. The number of nitrogens with zero attached hydrogens (tertiary/aromatic N) is 1. The summed E-state index contributed by atoms with van der Waals surface area (Å²) in [6.45, 7) is 2.45. The lowest BCUT2D eigenvalue weighted by molar-refractivity contribution is -0.384. The maximum atomic E-state index is 12.2. The van der Waals surface area contributed by atoms with Gasteiger partial charge in [0.1, 0.15) is 0 Å². The summed E-state index contributed by atoms with van der Waals surface area (Å²) in [7, 11) is 0. The first kappa shape index (κ1) is 19.0. The maximum absolute atomic E-state index is 12.2. The molecule has 2 rings (SSSR count). The molecule has 1 saturated carbocycles. The Kier molecular flexibility index (Phi) is 7.00. The number of aliphatic hydroxyl groups is 1. The van der Waals surface area contributed by atoms with E-state index in [1.807, 2.05) is 0 Å². The molecule has 0 spiro atoms. The van der Waals surface area contributed by atoms with Crippen molar-refractivity contribution in [1.82, 2.24) is 5.32 Å². The van der Waals surface area contributed by atoms with Crippen molar-refractivity contribution in [2.24, 2.45) is 5.92 Å². The largest absolute Gasteiger partial charge is 0.395 e. The Balaban J connectivity index is 1.98. The second kappa shape index (κ2) is 9.22. The first-order valence-corrected chi connectivity index (χ1v) is 8.67. The number of nitro groups is 1. The zero-order valence-electron chi connectivity index (χ0n) is 14.5. The van der Waals surface area contributed by atoms with Gasteiger partial charge in [-0.2, -0.15) is 0 Å². The van der Waals surface area contributed by atoms with Crippen LogP contribution in [-0.4, -0.2) is 41.7 Å². The van der Waals surface area contributed by atoms with Crippen molar-refractivity contribution in [2.45, 2.75) is 38.6 Å². The third-order valence-corrected chi connectivity index (χ3v) is 4.54. The van der Waals surface area contributed by atoms with Crippen LogP contribution in [-0.2, 0) is 4.79 Å². The van der Waals surface area contributed by atoms with Crippen molar-refractivity contribution in [1.29, 1.82) is 0 Å². The number of hydrogen-bond donors (Lipinski definition) is 4. The summed E-state index contributed by atoms with van der Waals surface area (Å²) in [5, 5.41) is 28.9. The van der Waals surface area contributed by atoms with E-state index in [1.165, 1.54) is 18.6 Å². The van der Waals surface area contributed by atoms with E-state index in [0.717, 1.165) is 19.3 Å². The zero-order chi connectivity index (χ0) is 18.2. The quantitative estimate of drug-likeness (QED) is 0.421. The van der Waals surface area contributed by atoms with E-state index in [9.17, 15) is 14.9 Å². The Morgan fingerprint density at radius 1 is 1.28 bits per heavy atom. The Hall–Kier alpha value is -2.35. The number of rotatable bonds is 8. The molecule has 8 heteroatoms. The molecule has 1 aliphatic carbocycles. The van der Waals surface area contributed by atoms with Gasteiger partial charge in [-0.15, -0.1) is 0 Å². The highest BCUT2D eigenvalue weighted by Crippen LogP contribution is 2.27. The fourth-order valence-corrected chi connectivity index (χ4v) is 3.10. The topological polar surface area (TPSA) is 117 Å². The van der Waals surface area contributed by atoms with E-state index in [1.54, 1.807) is 6.07 Å². The first-order chi connectivity index (χ1) is 12.0. The summed E-state index contributed by atoms with van der Waals surface area (Å²) in [6, 6.07) is 4.53. The summed E-state index contributed by atoms with van der Waals surface area (Å²) < 4.78 is 0. The summed E-state index contributed by atoms with van der Waals surface area (Å²) in [6.07, 6.45) is 4.45. The molecule has 1 fully saturated rings. The standard InChI is InChI=1S/C17H26N4O4/c1-12-4-2-3-5-14(12)20-17(23)11-19-16-10-13(21(24)25)6-7-15(16)18-8-9-22/h6-7,10,12,14,18-19,22H,2-5,8-9,11H2,1H3,(H,20,23)/t12-,14+/m0/s1. The molecule has 0 heterocycles. The zero-order valence-corrected chi connectivity index (χ0v) is 14.5. The molecule has 2 atom stereocenters. The van der Waals surface area contributed by atoms with Gasteiger partial charge in [0.15, 0.2) is 0 Å². The minimum absolute atomic E-state index is 0.0399. The number of hydrogen-bond acceptors (Lipinski definition) is 6. The highest BCUT2D eigenvalue weighted by atomic mass is 16.6. The molecule has 0 radical (unpaired) electrons. The van der Waals surface area contributed by atoms with Crippen LogP contribution < -0.4 is 16.0 Å². The Morgan fingerprint density at radius 2 is 2.04 bits per heavy atom. The molecule has 1 aromatic carbocycles. The predicted molar refractivity (Wildman–Crippen MR) is 96.7 cm³/mol. The van der Waals surface area contributed by atoms with Gasteiger partial charge in [0.25, 0.3) is 5.69 Å². The number of benzene rings is 1. The van der Waals surface area contributed by atoms with Crippen molar-refractivity contribution in [3.05, 3.63) is 28.3 Å². The fraction of sp³-hybridized carbons (Fsp3) is 0.588. The number of aliphatic hydroxyl groups excluding tert-OH is 1. The Bertz CT molecular complexity index is 608. The van der Waals surface area contributed by atoms with E-state index in [0.29, 0.717) is 23.8 Å². The molecule has 0 aromatic heterocycles. The highest BCUT2D eigenvalue weighted by Gasteiger charge is 2.22. The van der Waals surface area contributed by atoms with E-state index >= 15 is 0 Å². The number of amides is 1. The van der Waals surface area contributed by atoms with Crippen molar-refractivity contribution < 1.29 is 14.8 Å². The molecule has 1 amide bonds. The van der Waals surface area contributed by atoms with E-state index in [-0.39, 0.29) is 30.8 Å². The van der Waals surface area contributed by atoms with Crippen molar-refractivity contribution in [3.63, 3.8) is 0 Å². The van der Waals surface area contributed by atoms with Gasteiger partial charge < -0.3 is 21.1 Å². The number of non-ortho nitro benzene ring substituents is 1. The van der Waals surface area contributed by atoms with Crippen LogP contribution in [0.1, 0.15) is 32.6 Å². The van der Waals surface area contributed by atoms with E-state index in [4.69, 9.17) is 5.11 Å². The van der Waals surface area contributed by atoms with Gasteiger partial charge in [0.05, 0.1) is 29.4 Å². The summed E-state index contributed by atoms with van der Waals surface area (Å²) >= 11 is 0. The molecule has 1 aliphatic rings. The van der Waals surface area contributed by atoms with Crippen molar-refractivity contribution >= 4 is 23.0 Å². The smallest absolute Gasteiger partial charge is 0.271 e. The molecule has 0 saturated heterocycles. The molecular weight excluding hydrogens is 324 g/mol. The first-order valence-electron chi connectivity index (χ1n) is 8.67. The normalized spacial score (nSPS) is 19.9. The average molecular weight is 350 g/mol. The predicted octanol–water partition coefficient (Wildman–Crippen LogP) is 2.11. The van der Waals surface area contributed by atoms with Gasteiger partial charge in [-0.1, -0.05) is 19.8 Å². The third-order valence-electron chi connectivity index (χ3n) is 4.54. The van der Waals surface area contributed by atoms with Gasteiger partial charge >= 0.3 is 0 Å². The number of nitro benzene ring substituents is 1. The number of nitrogens with one attached hydrogen (secondary N) is 3. The minimum atomic E-state index is -0.481. The van der Waals surface area contributed by atoms with Crippen LogP contribution >= 0.6 is 0 Å².